The molecule has 0 bridgehead atoms. The Kier molecular flexibility index (Phi) is 11.2. The minimum Gasteiger partial charge on any atom is -0.493 e. The Hall–Kier alpha value is -3.14. The van der Waals surface area contributed by atoms with Gasteiger partial charge in [0, 0.05) is 13.1 Å². The lowest BCUT2D eigenvalue weighted by atomic mass is 10.0. The molecule has 2 aliphatic rings. The minimum absolute atomic E-state index is 0.155. The largest absolute Gasteiger partial charge is 0.493 e. The van der Waals surface area contributed by atoms with E-state index in [2.05, 4.69) is 26.2 Å². The average molecular weight is 516 g/mol. The minimum atomic E-state index is -1.10. The smallest absolute Gasteiger partial charge is 0.255 e. The molecule has 2 aliphatic heterocycles. The first-order valence-electron chi connectivity index (χ1n) is 13.4. The SMILES string of the molecule is CC(C)[C@H]1NC(=O)C[C@@H](C(=O)NCCCCN2CCCC2)NC(=O)c2ccccc2OCCCNC1=O. The highest BCUT2D eigenvalue weighted by molar-refractivity contribution is 6.01. The Morgan fingerprint density at radius 2 is 1.84 bits per heavy atom. The summed E-state index contributed by atoms with van der Waals surface area (Å²) in [6.07, 6.45) is 4.50. The number of hydrogen-bond donors (Lipinski definition) is 4. The molecule has 10 heteroatoms. The zero-order valence-corrected chi connectivity index (χ0v) is 22.0. The molecule has 0 aliphatic carbocycles. The maximum absolute atomic E-state index is 13.1. The van der Waals surface area contributed by atoms with Crippen LogP contribution in [0.5, 0.6) is 5.75 Å². The number of carbonyl (C=O) groups excluding carboxylic acids is 4. The fraction of sp³-hybridized carbons (Fsp3) is 0.630. The Morgan fingerprint density at radius 1 is 1.08 bits per heavy atom. The van der Waals surface area contributed by atoms with Crippen LogP contribution in [0.15, 0.2) is 24.3 Å². The number of hydrogen-bond acceptors (Lipinski definition) is 6. The summed E-state index contributed by atoms with van der Waals surface area (Å²) in [5.41, 5.74) is 0.283. The Balaban J connectivity index is 1.69. The van der Waals surface area contributed by atoms with Crippen molar-refractivity contribution in [3.8, 4) is 5.75 Å². The van der Waals surface area contributed by atoms with E-state index in [1.807, 2.05) is 13.8 Å². The van der Waals surface area contributed by atoms with Gasteiger partial charge < -0.3 is 30.9 Å². The van der Waals surface area contributed by atoms with Gasteiger partial charge in [0.25, 0.3) is 5.91 Å². The van der Waals surface area contributed by atoms with Gasteiger partial charge in [0.2, 0.25) is 17.7 Å². The molecule has 4 N–H and O–H groups in total. The monoisotopic (exact) mass is 515 g/mol. The fourth-order valence-corrected chi connectivity index (χ4v) is 4.56. The number of amides is 4. The number of benzene rings is 1. The summed E-state index contributed by atoms with van der Waals surface area (Å²) >= 11 is 0. The molecule has 1 aromatic rings. The Labute approximate surface area is 219 Å². The van der Waals surface area contributed by atoms with Crippen LogP contribution in [0.1, 0.15) is 62.7 Å². The summed E-state index contributed by atoms with van der Waals surface area (Å²) in [7, 11) is 0. The summed E-state index contributed by atoms with van der Waals surface area (Å²) in [6, 6.07) is 4.93. The molecule has 0 saturated carbocycles. The molecule has 0 aromatic heterocycles. The lowest BCUT2D eigenvalue weighted by Crippen LogP contribution is -2.53. The predicted octanol–water partition coefficient (Wildman–Crippen LogP) is 1.21. The van der Waals surface area contributed by atoms with Gasteiger partial charge in [-0.2, -0.15) is 0 Å². The van der Waals surface area contributed by atoms with Crippen LogP contribution in [0, 0.1) is 5.92 Å². The van der Waals surface area contributed by atoms with Crippen LogP contribution in [0.4, 0.5) is 0 Å². The van der Waals surface area contributed by atoms with Crippen LogP contribution in [-0.4, -0.2) is 79.9 Å². The predicted molar refractivity (Wildman–Crippen MR) is 140 cm³/mol. The zero-order valence-electron chi connectivity index (χ0n) is 22.0. The third-order valence-corrected chi connectivity index (χ3v) is 6.69. The van der Waals surface area contributed by atoms with Gasteiger partial charge in [-0.25, -0.2) is 0 Å². The number of nitrogens with one attached hydrogen (secondary N) is 4. The molecule has 2 atom stereocenters. The molecule has 0 unspecified atom stereocenters. The molecular formula is C27H41N5O5. The second-order valence-corrected chi connectivity index (χ2v) is 10.1. The van der Waals surface area contributed by atoms with Crippen LogP contribution in [0.2, 0.25) is 0 Å². The molecule has 1 saturated heterocycles. The van der Waals surface area contributed by atoms with Gasteiger partial charge in [-0.15, -0.1) is 0 Å². The van der Waals surface area contributed by atoms with E-state index in [1.165, 1.54) is 12.8 Å². The summed E-state index contributed by atoms with van der Waals surface area (Å²) < 4.78 is 5.80. The molecule has 3 rings (SSSR count). The summed E-state index contributed by atoms with van der Waals surface area (Å²) in [5, 5.41) is 11.2. The number of unbranched alkanes of at least 4 members (excludes halogenated alkanes) is 1. The van der Waals surface area contributed by atoms with E-state index in [1.54, 1.807) is 24.3 Å². The maximum atomic E-state index is 13.1. The normalized spacial score (nSPS) is 22.1. The second-order valence-electron chi connectivity index (χ2n) is 10.1. The van der Waals surface area contributed by atoms with Crippen molar-refractivity contribution in [3.63, 3.8) is 0 Å². The highest BCUT2D eigenvalue weighted by atomic mass is 16.5. The van der Waals surface area contributed by atoms with Crippen molar-refractivity contribution in [1.29, 1.82) is 0 Å². The molecule has 0 radical (unpaired) electrons. The highest BCUT2D eigenvalue weighted by Gasteiger charge is 2.29. The number of fused-ring (bicyclic) bond motifs is 1. The fourth-order valence-electron chi connectivity index (χ4n) is 4.56. The van der Waals surface area contributed by atoms with Crippen LogP contribution in [0.25, 0.3) is 0 Å². The lowest BCUT2D eigenvalue weighted by molar-refractivity contribution is -0.131. The van der Waals surface area contributed by atoms with Crippen LogP contribution < -0.4 is 26.0 Å². The van der Waals surface area contributed by atoms with Gasteiger partial charge in [-0.1, -0.05) is 26.0 Å². The van der Waals surface area contributed by atoms with E-state index in [9.17, 15) is 19.2 Å². The Morgan fingerprint density at radius 3 is 2.59 bits per heavy atom. The lowest BCUT2D eigenvalue weighted by Gasteiger charge is -2.23. The van der Waals surface area contributed by atoms with Gasteiger partial charge in [0.15, 0.2) is 0 Å². The van der Waals surface area contributed by atoms with Crippen LogP contribution >= 0.6 is 0 Å². The number of rotatable bonds is 7. The third-order valence-electron chi connectivity index (χ3n) is 6.69. The summed E-state index contributed by atoms with van der Waals surface area (Å²) in [5.74, 6) is -1.48. The molecule has 4 amide bonds. The standard InChI is InChI=1S/C27H41N5O5/c1-19(2)24-27(36)29-13-9-17-37-22-11-4-3-10-20(22)25(34)30-21(18-23(33)31-24)26(35)28-12-5-6-14-32-15-7-8-16-32/h3-4,10-11,19,21,24H,5-9,12-18H2,1-2H3,(H,28,35)(H,29,36)(H,30,34)(H,31,33)/t21-,24+/m0/s1. The number of para-hydroxylation sites is 1. The van der Waals surface area contributed by atoms with Gasteiger partial charge in [-0.3, -0.25) is 19.2 Å². The molecule has 1 aromatic carbocycles. The average Bonchev–Trinajstić information content (AvgIpc) is 3.39. The zero-order chi connectivity index (χ0) is 26.6. The van der Waals surface area contributed by atoms with Gasteiger partial charge in [0.1, 0.15) is 17.8 Å². The molecule has 1 fully saturated rings. The number of nitrogens with zero attached hydrogens (tertiary/aromatic N) is 1. The van der Waals surface area contributed by atoms with Gasteiger partial charge >= 0.3 is 0 Å². The first-order chi connectivity index (χ1) is 17.8. The van der Waals surface area contributed by atoms with E-state index < -0.39 is 29.8 Å². The van der Waals surface area contributed by atoms with Crippen molar-refractivity contribution < 1.29 is 23.9 Å². The molecule has 2 heterocycles. The molecule has 0 spiro atoms. The maximum Gasteiger partial charge on any atom is 0.255 e. The molecule has 37 heavy (non-hydrogen) atoms. The van der Waals surface area contributed by atoms with Crippen molar-refractivity contribution in [1.82, 2.24) is 26.2 Å². The van der Waals surface area contributed by atoms with Crippen molar-refractivity contribution in [2.45, 2.75) is 64.5 Å². The number of ether oxygens (including phenoxy) is 1. The molecule has 10 nitrogen and oxygen atoms in total. The topological polar surface area (TPSA) is 129 Å². The summed E-state index contributed by atoms with van der Waals surface area (Å²) in [4.78, 5) is 54.2. The van der Waals surface area contributed by atoms with Crippen molar-refractivity contribution in [2.24, 2.45) is 5.92 Å². The van der Waals surface area contributed by atoms with Gasteiger partial charge in [0.05, 0.1) is 18.6 Å². The van der Waals surface area contributed by atoms with Crippen molar-refractivity contribution >= 4 is 23.6 Å². The van der Waals surface area contributed by atoms with E-state index in [0.717, 1.165) is 32.5 Å². The van der Waals surface area contributed by atoms with E-state index >= 15 is 0 Å². The van der Waals surface area contributed by atoms with Crippen LogP contribution in [-0.2, 0) is 14.4 Å². The first kappa shape index (κ1) is 28.4. The third kappa shape index (κ3) is 9.03. The first-order valence-corrected chi connectivity index (χ1v) is 13.4. The van der Waals surface area contributed by atoms with E-state index in [-0.39, 0.29) is 23.8 Å². The molecule has 204 valence electrons. The quantitative estimate of drug-likeness (QED) is 0.404. The number of likely N-dealkylation sites (tertiary alicyclic amines) is 1. The molecular weight excluding hydrogens is 474 g/mol. The highest BCUT2D eigenvalue weighted by Crippen LogP contribution is 2.19. The van der Waals surface area contributed by atoms with E-state index in [4.69, 9.17) is 4.74 Å². The Bertz CT molecular complexity index is 932. The van der Waals surface area contributed by atoms with Gasteiger partial charge in [-0.05, 0) is 69.8 Å². The van der Waals surface area contributed by atoms with Crippen molar-refractivity contribution in [3.05, 3.63) is 29.8 Å². The number of carbonyl (C=O) groups is 4. The van der Waals surface area contributed by atoms with E-state index in [0.29, 0.717) is 31.9 Å². The van der Waals surface area contributed by atoms with Crippen LogP contribution in [0.3, 0.4) is 0 Å². The summed E-state index contributed by atoms with van der Waals surface area (Å²) in [6.45, 7) is 8.08. The van der Waals surface area contributed by atoms with Crippen molar-refractivity contribution in [2.75, 3.05) is 39.3 Å². The second kappa shape index (κ2) is 14.6.